The summed E-state index contributed by atoms with van der Waals surface area (Å²) in [4.78, 5) is 39.1. The van der Waals surface area contributed by atoms with Crippen molar-refractivity contribution in [1.82, 2.24) is 10.2 Å². The summed E-state index contributed by atoms with van der Waals surface area (Å²) in [6.07, 6.45) is 6.43. The quantitative estimate of drug-likeness (QED) is 0.550. The highest BCUT2D eigenvalue weighted by Crippen LogP contribution is 2.36. The monoisotopic (exact) mass is 354 g/mol. The predicted molar refractivity (Wildman–Crippen MR) is 91.1 cm³/mol. The summed E-state index contributed by atoms with van der Waals surface area (Å²) < 4.78 is 28.4. The van der Waals surface area contributed by atoms with E-state index >= 15 is 0 Å². The number of aliphatic imine (C=N–C) groups is 1. The SMILES string of the molecule is [2H]C([2H])([2H])N1CC(=O)OC(C2CC2)CCC/C=C\CCC(=O)NC1=NC(=O)O. The number of allylic oxidation sites excluding steroid dienone is 2. The number of nitrogens with zero attached hydrogens (tertiary/aromatic N) is 2. The lowest BCUT2D eigenvalue weighted by molar-refractivity contribution is -0.150. The first-order valence-corrected chi connectivity index (χ1v) is 8.40. The van der Waals surface area contributed by atoms with Gasteiger partial charge < -0.3 is 14.7 Å². The van der Waals surface area contributed by atoms with Crippen LogP contribution in [0.5, 0.6) is 0 Å². The van der Waals surface area contributed by atoms with Crippen LogP contribution < -0.4 is 5.32 Å². The molecule has 0 saturated heterocycles. The predicted octanol–water partition coefficient (Wildman–Crippen LogP) is 1.91. The number of cyclic esters (lactones) is 1. The average molecular weight is 354 g/mol. The minimum atomic E-state index is -2.90. The molecule has 0 radical (unpaired) electrons. The van der Waals surface area contributed by atoms with Gasteiger partial charge in [0, 0.05) is 17.5 Å². The molecular formula is C17H25N3O5. The normalized spacial score (nSPS) is 29.3. The van der Waals surface area contributed by atoms with Crippen molar-refractivity contribution in [2.24, 2.45) is 10.9 Å². The van der Waals surface area contributed by atoms with Gasteiger partial charge >= 0.3 is 12.1 Å². The fraction of sp³-hybridized carbons (Fsp3) is 0.647. The molecule has 1 aliphatic carbocycles. The Hall–Kier alpha value is -2.38. The molecule has 2 rings (SSSR count). The number of carboxylic acid groups (broad SMARTS) is 1. The van der Waals surface area contributed by atoms with E-state index in [0.29, 0.717) is 17.7 Å². The summed E-state index contributed by atoms with van der Waals surface area (Å²) in [7, 11) is 0. The zero-order chi connectivity index (χ0) is 20.7. The van der Waals surface area contributed by atoms with Crippen LogP contribution in [0.1, 0.15) is 49.1 Å². The van der Waals surface area contributed by atoms with Gasteiger partial charge in [0.1, 0.15) is 12.6 Å². The van der Waals surface area contributed by atoms with Crippen molar-refractivity contribution in [1.29, 1.82) is 0 Å². The van der Waals surface area contributed by atoms with Crippen molar-refractivity contribution < 1.29 is 28.3 Å². The molecule has 0 aromatic heterocycles. The summed E-state index contributed by atoms with van der Waals surface area (Å²) in [5.41, 5.74) is 0. The van der Waals surface area contributed by atoms with Crippen LogP contribution in [0, 0.1) is 5.92 Å². The van der Waals surface area contributed by atoms with Crippen LogP contribution in [0.3, 0.4) is 0 Å². The number of rotatable bonds is 1. The van der Waals surface area contributed by atoms with Crippen LogP contribution >= 0.6 is 0 Å². The first-order valence-electron chi connectivity index (χ1n) is 9.90. The van der Waals surface area contributed by atoms with Crippen molar-refractivity contribution >= 4 is 23.9 Å². The van der Waals surface area contributed by atoms with Crippen LogP contribution in [0.4, 0.5) is 4.79 Å². The standard InChI is InChI=1S/C17H25N3O5/c1-20-11-15(22)25-13(12-9-10-12)7-5-3-2-4-6-8-14(21)18-16(20)19-17(23)24/h2,4,12-13H,3,5-11H2,1H3,(H,23,24)(H,18,19,21)/b4-2-/i1D3. The summed E-state index contributed by atoms with van der Waals surface area (Å²) >= 11 is 0. The van der Waals surface area contributed by atoms with Crippen molar-refractivity contribution in [2.45, 2.75) is 51.0 Å². The number of carbonyl (C=O) groups is 3. The molecular weight excluding hydrogens is 326 g/mol. The fourth-order valence-corrected chi connectivity index (χ4v) is 2.59. The third kappa shape index (κ3) is 6.94. The molecule has 1 saturated carbocycles. The minimum Gasteiger partial charge on any atom is -0.463 e. The molecule has 0 bridgehead atoms. The van der Waals surface area contributed by atoms with E-state index in [1.54, 1.807) is 0 Å². The number of nitrogens with one attached hydrogen (secondary N) is 1. The Morgan fingerprint density at radius 3 is 2.80 bits per heavy atom. The van der Waals surface area contributed by atoms with Gasteiger partial charge in [0.05, 0.1) is 0 Å². The van der Waals surface area contributed by atoms with Crippen molar-refractivity contribution in [3.8, 4) is 0 Å². The molecule has 2 amide bonds. The van der Waals surface area contributed by atoms with Gasteiger partial charge in [-0.3, -0.25) is 14.9 Å². The Bertz CT molecular complexity index is 659. The molecule has 25 heavy (non-hydrogen) atoms. The third-order valence-corrected chi connectivity index (χ3v) is 3.99. The van der Waals surface area contributed by atoms with E-state index in [4.69, 9.17) is 14.0 Å². The molecule has 1 unspecified atom stereocenters. The Balaban J connectivity index is 2.27. The maximum Gasteiger partial charge on any atom is 0.434 e. The number of guanidine groups is 1. The summed E-state index contributed by atoms with van der Waals surface area (Å²) in [6.45, 7) is -3.64. The van der Waals surface area contributed by atoms with Crippen LogP contribution in [-0.4, -0.2) is 53.6 Å². The Labute approximate surface area is 151 Å². The molecule has 8 heteroatoms. The van der Waals surface area contributed by atoms with E-state index in [1.165, 1.54) is 0 Å². The molecule has 2 aliphatic rings. The number of amides is 2. The van der Waals surface area contributed by atoms with Gasteiger partial charge in [-0.05, 0) is 44.4 Å². The first kappa shape index (κ1) is 14.9. The Morgan fingerprint density at radius 1 is 1.36 bits per heavy atom. The van der Waals surface area contributed by atoms with E-state index in [-0.39, 0.29) is 18.4 Å². The van der Waals surface area contributed by atoms with E-state index in [0.717, 1.165) is 25.7 Å². The van der Waals surface area contributed by atoms with E-state index in [9.17, 15) is 14.4 Å². The van der Waals surface area contributed by atoms with Crippen molar-refractivity contribution in [2.75, 3.05) is 13.5 Å². The highest BCUT2D eigenvalue weighted by molar-refractivity contribution is 6.01. The summed E-state index contributed by atoms with van der Waals surface area (Å²) in [5, 5.41) is 11.2. The molecule has 8 nitrogen and oxygen atoms in total. The number of carbonyl (C=O) groups excluding carboxylic acids is 2. The zero-order valence-corrected chi connectivity index (χ0v) is 13.9. The van der Waals surface area contributed by atoms with Crippen LogP contribution in [0.25, 0.3) is 0 Å². The van der Waals surface area contributed by atoms with Crippen LogP contribution in [0.15, 0.2) is 17.1 Å². The molecule has 0 aromatic carbocycles. The zero-order valence-electron chi connectivity index (χ0n) is 16.9. The maximum atomic E-state index is 12.4. The maximum absolute atomic E-state index is 12.4. The third-order valence-electron chi connectivity index (χ3n) is 3.99. The van der Waals surface area contributed by atoms with E-state index in [1.807, 2.05) is 12.2 Å². The second kappa shape index (κ2) is 9.19. The number of ether oxygens (including phenoxy) is 1. The van der Waals surface area contributed by atoms with Gasteiger partial charge in [-0.15, -0.1) is 4.99 Å². The van der Waals surface area contributed by atoms with E-state index in [2.05, 4.69) is 10.3 Å². The molecule has 2 N–H and O–H groups in total. The Kier molecular flexibility index (Phi) is 5.49. The highest BCUT2D eigenvalue weighted by atomic mass is 16.5. The second-order valence-corrected chi connectivity index (χ2v) is 6.16. The van der Waals surface area contributed by atoms with Crippen LogP contribution in [-0.2, 0) is 14.3 Å². The number of esters is 1. The Morgan fingerprint density at radius 2 is 2.12 bits per heavy atom. The molecule has 1 heterocycles. The van der Waals surface area contributed by atoms with Gasteiger partial charge in [-0.1, -0.05) is 12.2 Å². The number of hydrogen-bond acceptors (Lipinski definition) is 4. The second-order valence-electron chi connectivity index (χ2n) is 6.16. The average Bonchev–Trinajstić information content (AvgIpc) is 3.40. The molecule has 138 valence electrons. The van der Waals surface area contributed by atoms with Crippen molar-refractivity contribution in [3.05, 3.63) is 12.2 Å². The number of hydrogen-bond donors (Lipinski definition) is 2. The van der Waals surface area contributed by atoms with E-state index < -0.39 is 37.4 Å². The van der Waals surface area contributed by atoms with Crippen LogP contribution in [0.2, 0.25) is 0 Å². The van der Waals surface area contributed by atoms with Gasteiger partial charge in [0.15, 0.2) is 0 Å². The first-order chi connectivity index (χ1) is 13.2. The summed E-state index contributed by atoms with van der Waals surface area (Å²) in [6, 6.07) is 0. The molecule has 1 atom stereocenters. The summed E-state index contributed by atoms with van der Waals surface area (Å²) in [5.74, 6) is -1.84. The smallest absolute Gasteiger partial charge is 0.434 e. The van der Waals surface area contributed by atoms with Gasteiger partial charge in [-0.2, -0.15) is 0 Å². The van der Waals surface area contributed by atoms with Crippen molar-refractivity contribution in [3.63, 3.8) is 0 Å². The highest BCUT2D eigenvalue weighted by Gasteiger charge is 2.33. The van der Waals surface area contributed by atoms with Gasteiger partial charge in [0.25, 0.3) is 0 Å². The molecule has 0 spiro atoms. The number of likely N-dealkylation sites (N-methyl/N-ethyl adjacent to an activating group) is 1. The molecule has 1 aliphatic heterocycles. The molecule has 0 aromatic rings. The fourth-order valence-electron chi connectivity index (χ4n) is 2.59. The molecule has 1 fully saturated rings. The lowest BCUT2D eigenvalue weighted by Crippen LogP contribution is -2.45. The minimum absolute atomic E-state index is 0.0269. The van der Waals surface area contributed by atoms with Gasteiger partial charge in [0.2, 0.25) is 11.9 Å². The lowest BCUT2D eigenvalue weighted by atomic mass is 10.1. The lowest BCUT2D eigenvalue weighted by Gasteiger charge is -2.22. The topological polar surface area (TPSA) is 108 Å². The largest absolute Gasteiger partial charge is 0.463 e. The van der Waals surface area contributed by atoms with Gasteiger partial charge in [-0.25, -0.2) is 4.79 Å².